The Morgan fingerprint density at radius 3 is 2.60 bits per heavy atom. The van der Waals surface area contributed by atoms with E-state index in [0.29, 0.717) is 6.42 Å². The van der Waals surface area contributed by atoms with E-state index in [1.54, 1.807) is 0 Å². The number of hydrogen-bond donors (Lipinski definition) is 0. The van der Waals surface area contributed by atoms with Crippen molar-refractivity contribution in [1.29, 1.82) is 0 Å². The summed E-state index contributed by atoms with van der Waals surface area (Å²) in [5.41, 5.74) is 0.830. The Hall–Kier alpha value is -1.71. The molecular weight excluding hydrogens is 194 g/mol. The Kier molecular flexibility index (Phi) is 4.47. The normalized spacial score (nSPS) is 11.8. The van der Waals surface area contributed by atoms with Crippen molar-refractivity contribution in [3.05, 3.63) is 40.8 Å². The number of benzene rings is 1. The highest BCUT2D eigenvalue weighted by atomic mass is 16.5. The van der Waals surface area contributed by atoms with Gasteiger partial charge in [-0.3, -0.25) is 4.79 Å². The van der Waals surface area contributed by atoms with Crippen LogP contribution in [0.4, 0.5) is 0 Å². The number of nitrogens with zero attached hydrogens (tertiary/aromatic N) is 1. The molecule has 0 saturated carbocycles. The zero-order chi connectivity index (χ0) is 11.1. The van der Waals surface area contributed by atoms with Gasteiger partial charge in [-0.15, -0.1) is 0 Å². The second-order valence-corrected chi connectivity index (χ2v) is 3.15. The summed E-state index contributed by atoms with van der Waals surface area (Å²) in [6.45, 7) is 0. The molecule has 15 heavy (non-hydrogen) atoms. The van der Waals surface area contributed by atoms with Crippen molar-refractivity contribution in [3.63, 3.8) is 0 Å². The third kappa shape index (κ3) is 3.50. The zero-order valence-corrected chi connectivity index (χ0v) is 8.55. The lowest BCUT2D eigenvalue weighted by molar-refractivity contribution is -0.140. The van der Waals surface area contributed by atoms with E-state index in [0.717, 1.165) is 5.56 Å². The fourth-order valence-electron chi connectivity index (χ4n) is 1.31. The fourth-order valence-corrected chi connectivity index (χ4v) is 1.31. The molecule has 0 spiro atoms. The largest absolute Gasteiger partial charge is 0.469 e. The average molecular weight is 207 g/mol. The van der Waals surface area contributed by atoms with Gasteiger partial charge in [0.1, 0.15) is 6.04 Å². The summed E-state index contributed by atoms with van der Waals surface area (Å²) < 4.78 is 4.50. The molecule has 0 N–H and O–H groups in total. The first-order chi connectivity index (χ1) is 7.27. The first-order valence-electron chi connectivity index (χ1n) is 4.72. The van der Waals surface area contributed by atoms with E-state index < -0.39 is 6.04 Å². The molecule has 0 fully saturated rings. The summed E-state index contributed by atoms with van der Waals surface area (Å²) in [7, 11) is 1.33. The van der Waals surface area contributed by atoms with Crippen LogP contribution >= 0.6 is 0 Å². The van der Waals surface area contributed by atoms with Gasteiger partial charge in [-0.1, -0.05) is 35.5 Å². The second-order valence-electron chi connectivity index (χ2n) is 3.15. The Bertz CT molecular complexity index is 324. The van der Waals surface area contributed by atoms with Crippen LogP contribution in [0.25, 0.3) is 0 Å². The first-order valence-corrected chi connectivity index (χ1v) is 4.72. The van der Waals surface area contributed by atoms with Gasteiger partial charge in [0.05, 0.1) is 7.11 Å². The van der Waals surface area contributed by atoms with E-state index in [1.807, 2.05) is 30.3 Å². The van der Waals surface area contributed by atoms with Crippen molar-refractivity contribution in [2.45, 2.75) is 18.9 Å². The second kappa shape index (κ2) is 5.90. The molecule has 0 aliphatic rings. The summed E-state index contributed by atoms with van der Waals surface area (Å²) in [6.07, 6.45) is 0.599. The molecule has 0 aromatic heterocycles. The predicted molar refractivity (Wildman–Crippen MR) is 56.2 cm³/mol. The standard InChI is InChI=1S/C11H13NO3/c1-15-11(13)8-7-10(12-14)9-5-3-2-4-6-9/h2-6,10H,7-8H2,1H3. The molecule has 0 saturated heterocycles. The summed E-state index contributed by atoms with van der Waals surface area (Å²) >= 11 is 0. The van der Waals surface area contributed by atoms with Gasteiger partial charge in [0.15, 0.2) is 0 Å². The molecule has 0 radical (unpaired) electrons. The van der Waals surface area contributed by atoms with Crippen LogP contribution in [0, 0.1) is 4.91 Å². The Morgan fingerprint density at radius 2 is 2.07 bits per heavy atom. The van der Waals surface area contributed by atoms with E-state index in [9.17, 15) is 9.70 Å². The number of esters is 1. The van der Waals surface area contributed by atoms with Crippen LogP contribution in [-0.2, 0) is 9.53 Å². The van der Waals surface area contributed by atoms with E-state index >= 15 is 0 Å². The predicted octanol–water partition coefficient (Wildman–Crippen LogP) is 2.45. The van der Waals surface area contributed by atoms with Crippen LogP contribution in [0.3, 0.4) is 0 Å². The number of methoxy groups -OCH3 is 1. The van der Waals surface area contributed by atoms with Crippen LogP contribution in [0.2, 0.25) is 0 Å². The van der Waals surface area contributed by atoms with Crippen molar-refractivity contribution in [2.75, 3.05) is 7.11 Å². The monoisotopic (exact) mass is 207 g/mol. The lowest BCUT2D eigenvalue weighted by Gasteiger charge is -2.07. The maximum atomic E-state index is 10.9. The number of ether oxygens (including phenoxy) is 1. The molecule has 0 aliphatic heterocycles. The van der Waals surface area contributed by atoms with Crippen molar-refractivity contribution in [3.8, 4) is 0 Å². The molecule has 0 bridgehead atoms. The average Bonchev–Trinajstić information content (AvgIpc) is 2.31. The molecule has 0 heterocycles. The molecule has 1 aromatic carbocycles. The summed E-state index contributed by atoms with van der Waals surface area (Å²) in [5.74, 6) is -0.320. The molecule has 1 unspecified atom stereocenters. The molecule has 4 nitrogen and oxygen atoms in total. The number of carbonyl (C=O) groups excluding carboxylic acids is 1. The van der Waals surface area contributed by atoms with Crippen molar-refractivity contribution in [2.24, 2.45) is 5.18 Å². The van der Waals surface area contributed by atoms with Crippen LogP contribution in [0.1, 0.15) is 24.4 Å². The van der Waals surface area contributed by atoms with Crippen molar-refractivity contribution < 1.29 is 9.53 Å². The maximum absolute atomic E-state index is 10.9. The highest BCUT2D eigenvalue weighted by Gasteiger charge is 2.13. The van der Waals surface area contributed by atoms with Crippen LogP contribution in [0.5, 0.6) is 0 Å². The summed E-state index contributed by atoms with van der Waals surface area (Å²) in [4.78, 5) is 21.5. The number of hydrogen-bond acceptors (Lipinski definition) is 4. The van der Waals surface area contributed by atoms with E-state index in [2.05, 4.69) is 9.91 Å². The Balaban J connectivity index is 2.57. The quantitative estimate of drug-likeness (QED) is 0.550. The minimum absolute atomic E-state index is 0.210. The van der Waals surface area contributed by atoms with Crippen molar-refractivity contribution in [1.82, 2.24) is 0 Å². The summed E-state index contributed by atoms with van der Waals surface area (Å²) in [6, 6.07) is 8.72. The maximum Gasteiger partial charge on any atom is 0.305 e. The smallest absolute Gasteiger partial charge is 0.305 e. The third-order valence-electron chi connectivity index (χ3n) is 2.16. The van der Waals surface area contributed by atoms with Gasteiger partial charge in [-0.05, 0) is 12.0 Å². The van der Waals surface area contributed by atoms with Gasteiger partial charge in [0.2, 0.25) is 0 Å². The SMILES string of the molecule is COC(=O)CCC(N=O)c1ccccc1. The molecule has 0 amide bonds. The van der Waals surface area contributed by atoms with Gasteiger partial charge in [-0.25, -0.2) is 0 Å². The zero-order valence-electron chi connectivity index (χ0n) is 8.55. The molecule has 80 valence electrons. The van der Waals surface area contributed by atoms with Crippen LogP contribution < -0.4 is 0 Å². The molecule has 4 heteroatoms. The van der Waals surface area contributed by atoms with Gasteiger partial charge < -0.3 is 4.74 Å². The minimum Gasteiger partial charge on any atom is -0.469 e. The molecule has 1 aromatic rings. The fraction of sp³-hybridized carbons (Fsp3) is 0.364. The van der Waals surface area contributed by atoms with E-state index in [4.69, 9.17) is 0 Å². The number of nitroso groups, excluding NO2 is 1. The van der Waals surface area contributed by atoms with Crippen molar-refractivity contribution >= 4 is 5.97 Å². The first kappa shape index (κ1) is 11.4. The Morgan fingerprint density at radius 1 is 1.40 bits per heavy atom. The van der Waals surface area contributed by atoms with E-state index in [1.165, 1.54) is 7.11 Å². The lowest BCUT2D eigenvalue weighted by Crippen LogP contribution is -2.03. The number of carbonyl (C=O) groups is 1. The van der Waals surface area contributed by atoms with Gasteiger partial charge in [0.25, 0.3) is 0 Å². The molecule has 0 aliphatic carbocycles. The topological polar surface area (TPSA) is 55.7 Å². The van der Waals surface area contributed by atoms with E-state index in [-0.39, 0.29) is 12.4 Å². The Labute approximate surface area is 88.2 Å². The lowest BCUT2D eigenvalue weighted by atomic mass is 10.0. The van der Waals surface area contributed by atoms with Crippen LogP contribution in [0.15, 0.2) is 35.5 Å². The summed E-state index contributed by atoms with van der Waals surface area (Å²) in [5, 5.41) is 3.01. The molecule has 1 atom stereocenters. The highest BCUT2D eigenvalue weighted by molar-refractivity contribution is 5.69. The highest BCUT2D eigenvalue weighted by Crippen LogP contribution is 2.22. The molecule has 1 rings (SSSR count). The number of rotatable bonds is 5. The third-order valence-corrected chi connectivity index (χ3v) is 2.16. The van der Waals surface area contributed by atoms with Crippen LogP contribution in [-0.4, -0.2) is 13.1 Å². The minimum atomic E-state index is -0.467. The van der Waals surface area contributed by atoms with Gasteiger partial charge >= 0.3 is 5.97 Å². The van der Waals surface area contributed by atoms with Gasteiger partial charge in [0, 0.05) is 6.42 Å². The molecular formula is C11H13NO3. The van der Waals surface area contributed by atoms with Gasteiger partial charge in [-0.2, -0.15) is 4.91 Å².